The van der Waals surface area contributed by atoms with Gasteiger partial charge in [-0.2, -0.15) is 0 Å². The Balaban J connectivity index is 1.80. The van der Waals surface area contributed by atoms with Crippen LogP contribution in [0.3, 0.4) is 0 Å². The van der Waals surface area contributed by atoms with Crippen molar-refractivity contribution in [1.82, 2.24) is 5.32 Å². The lowest BCUT2D eigenvalue weighted by atomic mass is 10.1. The van der Waals surface area contributed by atoms with Crippen LogP contribution in [0.4, 0.5) is 0 Å². The molecule has 3 heteroatoms. The molecule has 0 fully saturated rings. The summed E-state index contributed by atoms with van der Waals surface area (Å²) in [6, 6.07) is 16.1. The smallest absolute Gasteiger partial charge is 0.224 e. The van der Waals surface area contributed by atoms with E-state index in [1.807, 2.05) is 44.2 Å². The molecule has 0 saturated carbocycles. The van der Waals surface area contributed by atoms with Gasteiger partial charge in [-0.05, 0) is 50.5 Å². The SMILES string of the molecule is Cc1cccc(CCNC(=O)Cc2cccc(OC(C)C)c2)c1. The second-order valence-corrected chi connectivity index (χ2v) is 6.08. The average molecular weight is 311 g/mol. The summed E-state index contributed by atoms with van der Waals surface area (Å²) < 4.78 is 5.65. The summed E-state index contributed by atoms with van der Waals surface area (Å²) in [7, 11) is 0. The van der Waals surface area contributed by atoms with Crippen LogP contribution in [0, 0.1) is 6.92 Å². The Morgan fingerprint density at radius 3 is 2.57 bits per heavy atom. The van der Waals surface area contributed by atoms with Gasteiger partial charge in [-0.15, -0.1) is 0 Å². The van der Waals surface area contributed by atoms with E-state index < -0.39 is 0 Å². The molecule has 2 aromatic rings. The highest BCUT2D eigenvalue weighted by Gasteiger charge is 2.05. The molecular weight excluding hydrogens is 286 g/mol. The number of hydrogen-bond donors (Lipinski definition) is 1. The van der Waals surface area contributed by atoms with Gasteiger partial charge in [-0.1, -0.05) is 42.0 Å². The first kappa shape index (κ1) is 17.1. The predicted octanol–water partition coefficient (Wildman–Crippen LogP) is 3.68. The van der Waals surface area contributed by atoms with Crippen LogP contribution in [0.15, 0.2) is 48.5 Å². The van der Waals surface area contributed by atoms with E-state index in [1.165, 1.54) is 11.1 Å². The molecule has 3 nitrogen and oxygen atoms in total. The maximum absolute atomic E-state index is 12.1. The molecular formula is C20H25NO2. The van der Waals surface area contributed by atoms with Crippen LogP contribution >= 0.6 is 0 Å². The van der Waals surface area contributed by atoms with Crippen LogP contribution in [0.2, 0.25) is 0 Å². The maximum Gasteiger partial charge on any atom is 0.224 e. The van der Waals surface area contributed by atoms with Crippen molar-refractivity contribution in [3.63, 3.8) is 0 Å². The lowest BCUT2D eigenvalue weighted by molar-refractivity contribution is -0.120. The molecule has 1 amide bonds. The van der Waals surface area contributed by atoms with Gasteiger partial charge in [0, 0.05) is 6.54 Å². The fraction of sp³-hybridized carbons (Fsp3) is 0.350. The number of carbonyl (C=O) groups excluding carboxylic acids is 1. The van der Waals surface area contributed by atoms with Gasteiger partial charge in [-0.3, -0.25) is 4.79 Å². The van der Waals surface area contributed by atoms with Gasteiger partial charge in [0.05, 0.1) is 12.5 Å². The molecule has 0 saturated heterocycles. The van der Waals surface area contributed by atoms with Gasteiger partial charge in [0.15, 0.2) is 0 Å². The summed E-state index contributed by atoms with van der Waals surface area (Å²) in [6.07, 6.45) is 1.36. The lowest BCUT2D eigenvalue weighted by Gasteiger charge is -2.11. The predicted molar refractivity (Wildman–Crippen MR) is 93.8 cm³/mol. The molecule has 2 aromatic carbocycles. The Morgan fingerprint density at radius 2 is 1.83 bits per heavy atom. The van der Waals surface area contributed by atoms with Crippen molar-refractivity contribution in [3.05, 3.63) is 65.2 Å². The van der Waals surface area contributed by atoms with Crippen LogP contribution in [0.5, 0.6) is 5.75 Å². The first-order chi connectivity index (χ1) is 11.0. The zero-order chi connectivity index (χ0) is 16.7. The summed E-state index contributed by atoms with van der Waals surface area (Å²) in [5.41, 5.74) is 3.46. The second-order valence-electron chi connectivity index (χ2n) is 6.08. The Kier molecular flexibility index (Phi) is 6.21. The normalized spacial score (nSPS) is 10.6. The summed E-state index contributed by atoms with van der Waals surface area (Å²) in [5, 5.41) is 2.98. The molecule has 0 aliphatic heterocycles. The minimum Gasteiger partial charge on any atom is -0.491 e. The van der Waals surface area contributed by atoms with E-state index >= 15 is 0 Å². The van der Waals surface area contributed by atoms with Gasteiger partial charge >= 0.3 is 0 Å². The number of rotatable bonds is 7. The summed E-state index contributed by atoms with van der Waals surface area (Å²) in [5.74, 6) is 0.851. The second kappa shape index (κ2) is 8.37. The molecule has 0 aliphatic carbocycles. The highest BCUT2D eigenvalue weighted by atomic mass is 16.5. The minimum absolute atomic E-state index is 0.0411. The van der Waals surface area contributed by atoms with Crippen molar-refractivity contribution >= 4 is 5.91 Å². The monoisotopic (exact) mass is 311 g/mol. The Hall–Kier alpha value is -2.29. The van der Waals surface area contributed by atoms with Crippen LogP contribution in [-0.2, 0) is 17.6 Å². The maximum atomic E-state index is 12.1. The standard InChI is InChI=1S/C20H25NO2/c1-15(2)23-19-9-5-8-18(13-19)14-20(22)21-11-10-17-7-4-6-16(3)12-17/h4-9,12-13,15H,10-11,14H2,1-3H3,(H,21,22). The number of ether oxygens (including phenoxy) is 1. The molecule has 0 aromatic heterocycles. The van der Waals surface area contributed by atoms with E-state index in [4.69, 9.17) is 4.74 Å². The zero-order valence-electron chi connectivity index (χ0n) is 14.1. The number of benzene rings is 2. The Morgan fingerprint density at radius 1 is 1.09 bits per heavy atom. The Labute approximate surface area is 138 Å². The van der Waals surface area contributed by atoms with Crippen molar-refractivity contribution < 1.29 is 9.53 Å². The fourth-order valence-electron chi connectivity index (χ4n) is 2.46. The van der Waals surface area contributed by atoms with Gasteiger partial charge in [0.25, 0.3) is 0 Å². The molecule has 1 N–H and O–H groups in total. The van der Waals surface area contributed by atoms with Crippen molar-refractivity contribution in [2.24, 2.45) is 0 Å². The molecule has 0 heterocycles. The highest BCUT2D eigenvalue weighted by molar-refractivity contribution is 5.78. The number of aryl methyl sites for hydroxylation is 1. The van der Waals surface area contributed by atoms with E-state index in [0.29, 0.717) is 13.0 Å². The minimum atomic E-state index is 0.0411. The van der Waals surface area contributed by atoms with Gasteiger partial charge in [0.1, 0.15) is 5.75 Å². The molecule has 0 atom stereocenters. The third kappa shape index (κ3) is 6.15. The van der Waals surface area contributed by atoms with Crippen LogP contribution in [0.1, 0.15) is 30.5 Å². The number of amides is 1. The zero-order valence-corrected chi connectivity index (χ0v) is 14.1. The van der Waals surface area contributed by atoms with E-state index in [2.05, 4.69) is 30.4 Å². The van der Waals surface area contributed by atoms with Gasteiger partial charge < -0.3 is 10.1 Å². The van der Waals surface area contributed by atoms with Gasteiger partial charge in [-0.25, -0.2) is 0 Å². The van der Waals surface area contributed by atoms with Crippen LogP contribution in [0.25, 0.3) is 0 Å². The summed E-state index contributed by atoms with van der Waals surface area (Å²) in [4.78, 5) is 12.1. The van der Waals surface area contributed by atoms with Crippen molar-refractivity contribution in [2.45, 2.75) is 39.7 Å². The molecule has 0 spiro atoms. The van der Waals surface area contributed by atoms with E-state index in [-0.39, 0.29) is 12.0 Å². The van der Waals surface area contributed by atoms with Crippen LogP contribution in [-0.4, -0.2) is 18.6 Å². The molecule has 23 heavy (non-hydrogen) atoms. The molecule has 0 radical (unpaired) electrons. The molecule has 0 unspecified atom stereocenters. The third-order valence-corrected chi connectivity index (χ3v) is 3.45. The number of carbonyl (C=O) groups is 1. The summed E-state index contributed by atoms with van der Waals surface area (Å²) >= 11 is 0. The van der Waals surface area contributed by atoms with E-state index in [1.54, 1.807) is 0 Å². The first-order valence-corrected chi connectivity index (χ1v) is 8.11. The summed E-state index contributed by atoms with van der Waals surface area (Å²) in [6.45, 7) is 6.72. The van der Waals surface area contributed by atoms with Crippen molar-refractivity contribution in [1.29, 1.82) is 0 Å². The lowest BCUT2D eigenvalue weighted by Crippen LogP contribution is -2.27. The third-order valence-electron chi connectivity index (χ3n) is 3.45. The van der Waals surface area contributed by atoms with Crippen LogP contribution < -0.4 is 10.1 Å². The topological polar surface area (TPSA) is 38.3 Å². The van der Waals surface area contributed by atoms with Crippen molar-refractivity contribution in [2.75, 3.05) is 6.54 Å². The molecule has 0 bridgehead atoms. The van der Waals surface area contributed by atoms with E-state index in [0.717, 1.165) is 17.7 Å². The Bertz CT molecular complexity index is 650. The largest absolute Gasteiger partial charge is 0.491 e. The van der Waals surface area contributed by atoms with E-state index in [9.17, 15) is 4.79 Å². The fourth-order valence-corrected chi connectivity index (χ4v) is 2.46. The quantitative estimate of drug-likeness (QED) is 0.847. The molecule has 122 valence electrons. The van der Waals surface area contributed by atoms with Gasteiger partial charge in [0.2, 0.25) is 5.91 Å². The highest BCUT2D eigenvalue weighted by Crippen LogP contribution is 2.15. The number of hydrogen-bond acceptors (Lipinski definition) is 2. The van der Waals surface area contributed by atoms with Crippen molar-refractivity contribution in [3.8, 4) is 5.75 Å². The molecule has 0 aliphatic rings. The average Bonchev–Trinajstić information content (AvgIpc) is 2.47. The number of nitrogens with one attached hydrogen (secondary N) is 1. The first-order valence-electron chi connectivity index (χ1n) is 8.11. The molecule has 2 rings (SSSR count).